The summed E-state index contributed by atoms with van der Waals surface area (Å²) < 4.78 is 27.6. The fourth-order valence-electron chi connectivity index (χ4n) is 3.27. The van der Waals surface area contributed by atoms with Gasteiger partial charge in [-0.3, -0.25) is 0 Å². The fourth-order valence-corrected chi connectivity index (χ4v) is 4.02. The molecule has 0 saturated heterocycles. The zero-order valence-electron chi connectivity index (χ0n) is 15.4. The topological polar surface area (TPSA) is 36.3 Å². The number of pyridine rings is 1. The van der Waals surface area contributed by atoms with Gasteiger partial charge in [0.1, 0.15) is 30.6 Å². The molecule has 3 heterocycles. The van der Waals surface area contributed by atoms with E-state index < -0.39 is 8.07 Å². The lowest BCUT2D eigenvalue weighted by Gasteiger charge is -2.15. The Bertz CT molecular complexity index is 962. The molecule has 0 saturated carbocycles. The summed E-state index contributed by atoms with van der Waals surface area (Å²) in [6, 6.07) is 7.71. The van der Waals surface area contributed by atoms with Crippen LogP contribution in [-0.4, -0.2) is 24.2 Å². The fraction of sp³-hybridized carbons (Fsp3) is 0.350. The number of halogens is 1. The van der Waals surface area contributed by atoms with E-state index in [1.165, 1.54) is 12.1 Å². The highest BCUT2D eigenvalue weighted by Crippen LogP contribution is 2.40. The molecule has 1 aromatic carbocycles. The Balaban J connectivity index is 1.69. The van der Waals surface area contributed by atoms with Crippen LogP contribution in [0, 0.1) is 5.82 Å². The van der Waals surface area contributed by atoms with Crippen molar-refractivity contribution in [2.75, 3.05) is 6.61 Å². The third-order valence-corrected chi connectivity index (χ3v) is 6.38. The Morgan fingerprint density at radius 3 is 2.88 bits per heavy atom. The number of aromatic nitrogens is 2. The van der Waals surface area contributed by atoms with Crippen LogP contribution in [0.5, 0.6) is 5.75 Å². The zero-order chi connectivity index (χ0) is 18.3. The molecular weight excluding hydrogens is 347 g/mol. The summed E-state index contributed by atoms with van der Waals surface area (Å²) in [4.78, 5) is 4.55. The standard InChI is InChI=1S/C20H23FN2O2Si/c1-26(2,3)9-8-24-13-23-11-14-12-25-18-5-4-15(21)10-17(18)16-6-7-22-20(23)19(14)16/h4-7,10-11H,8-9,12-13H2,1-3H3. The molecule has 1 aliphatic rings. The van der Waals surface area contributed by atoms with Crippen molar-refractivity contribution < 1.29 is 13.9 Å². The van der Waals surface area contributed by atoms with E-state index in [0.717, 1.165) is 40.4 Å². The van der Waals surface area contributed by atoms with Gasteiger partial charge in [0, 0.05) is 43.6 Å². The van der Waals surface area contributed by atoms with E-state index >= 15 is 0 Å². The smallest absolute Gasteiger partial charge is 0.142 e. The molecule has 0 spiro atoms. The molecule has 136 valence electrons. The predicted octanol–water partition coefficient (Wildman–Crippen LogP) is 5.05. The van der Waals surface area contributed by atoms with Gasteiger partial charge in [-0.2, -0.15) is 0 Å². The van der Waals surface area contributed by atoms with Gasteiger partial charge in [-0.25, -0.2) is 9.37 Å². The van der Waals surface area contributed by atoms with E-state index in [9.17, 15) is 4.39 Å². The molecule has 0 N–H and O–H groups in total. The molecule has 1 aliphatic heterocycles. The van der Waals surface area contributed by atoms with Gasteiger partial charge in [-0.15, -0.1) is 0 Å². The number of ether oxygens (including phenoxy) is 2. The molecule has 0 unspecified atom stereocenters. The van der Waals surface area contributed by atoms with Crippen LogP contribution in [-0.2, 0) is 18.1 Å². The van der Waals surface area contributed by atoms with E-state index in [1.807, 2.05) is 16.8 Å². The number of rotatable bonds is 5. The number of fused-ring (bicyclic) bond motifs is 2. The van der Waals surface area contributed by atoms with Gasteiger partial charge in [-0.1, -0.05) is 19.6 Å². The second-order valence-electron chi connectivity index (χ2n) is 7.96. The van der Waals surface area contributed by atoms with Crippen molar-refractivity contribution in [3.63, 3.8) is 0 Å². The highest BCUT2D eigenvalue weighted by molar-refractivity contribution is 6.76. The summed E-state index contributed by atoms with van der Waals surface area (Å²) in [6.07, 6.45) is 3.80. The van der Waals surface area contributed by atoms with E-state index in [-0.39, 0.29) is 5.82 Å². The molecule has 0 amide bonds. The van der Waals surface area contributed by atoms with Gasteiger partial charge in [0.25, 0.3) is 0 Å². The van der Waals surface area contributed by atoms with Gasteiger partial charge >= 0.3 is 0 Å². The molecule has 3 aromatic rings. The van der Waals surface area contributed by atoms with Gasteiger partial charge in [0.05, 0.1) is 0 Å². The van der Waals surface area contributed by atoms with E-state index in [1.54, 1.807) is 12.3 Å². The molecule has 0 bridgehead atoms. The molecule has 4 nitrogen and oxygen atoms in total. The van der Waals surface area contributed by atoms with Crippen LogP contribution >= 0.6 is 0 Å². The minimum absolute atomic E-state index is 0.269. The van der Waals surface area contributed by atoms with Crippen molar-refractivity contribution in [1.29, 1.82) is 0 Å². The van der Waals surface area contributed by atoms with Crippen molar-refractivity contribution in [2.45, 2.75) is 39.0 Å². The van der Waals surface area contributed by atoms with E-state index in [0.29, 0.717) is 19.1 Å². The van der Waals surface area contributed by atoms with Crippen molar-refractivity contribution in [3.8, 4) is 16.9 Å². The van der Waals surface area contributed by atoms with Gasteiger partial charge in [0.2, 0.25) is 0 Å². The van der Waals surface area contributed by atoms with Crippen LogP contribution in [0.25, 0.3) is 22.2 Å². The van der Waals surface area contributed by atoms with Crippen LogP contribution in [0.4, 0.5) is 4.39 Å². The molecule has 0 aliphatic carbocycles. The molecule has 0 fully saturated rings. The average Bonchev–Trinajstić information content (AvgIpc) is 2.86. The van der Waals surface area contributed by atoms with Crippen LogP contribution in [0.3, 0.4) is 0 Å². The Morgan fingerprint density at radius 1 is 1.23 bits per heavy atom. The molecule has 0 atom stereocenters. The van der Waals surface area contributed by atoms with Crippen LogP contribution in [0.15, 0.2) is 36.7 Å². The molecule has 6 heteroatoms. The number of benzene rings is 1. The lowest BCUT2D eigenvalue weighted by Crippen LogP contribution is -2.22. The largest absolute Gasteiger partial charge is 0.488 e. The molecule has 4 rings (SSSR count). The minimum Gasteiger partial charge on any atom is -0.488 e. The van der Waals surface area contributed by atoms with Crippen LogP contribution < -0.4 is 4.74 Å². The first-order chi connectivity index (χ1) is 12.4. The normalized spacial score (nSPS) is 13.4. The van der Waals surface area contributed by atoms with Crippen molar-refractivity contribution in [2.24, 2.45) is 0 Å². The Labute approximate surface area is 153 Å². The summed E-state index contributed by atoms with van der Waals surface area (Å²) in [5.74, 6) is 0.433. The molecule has 26 heavy (non-hydrogen) atoms. The van der Waals surface area contributed by atoms with Gasteiger partial charge < -0.3 is 14.0 Å². The first-order valence-corrected chi connectivity index (χ1v) is 12.6. The first-order valence-electron chi connectivity index (χ1n) is 8.89. The molecule has 2 aromatic heterocycles. The summed E-state index contributed by atoms with van der Waals surface area (Å²) in [7, 11) is -1.11. The van der Waals surface area contributed by atoms with E-state index in [2.05, 4.69) is 24.6 Å². The van der Waals surface area contributed by atoms with Gasteiger partial charge in [0.15, 0.2) is 0 Å². The summed E-state index contributed by atoms with van der Waals surface area (Å²) in [5, 5.41) is 1.02. The SMILES string of the molecule is C[Si](C)(C)CCOCn1cc2c3c(ccnc31)-c1cc(F)ccc1OC2. The predicted molar refractivity (Wildman–Crippen MR) is 104 cm³/mol. The Hall–Kier alpha value is -2.18. The van der Waals surface area contributed by atoms with Gasteiger partial charge in [-0.05, 0) is 35.9 Å². The Kier molecular flexibility index (Phi) is 4.32. The van der Waals surface area contributed by atoms with Crippen LogP contribution in [0.2, 0.25) is 25.7 Å². The minimum atomic E-state index is -1.11. The highest BCUT2D eigenvalue weighted by Gasteiger charge is 2.21. The zero-order valence-corrected chi connectivity index (χ0v) is 16.4. The second-order valence-corrected chi connectivity index (χ2v) is 13.6. The number of hydrogen-bond acceptors (Lipinski definition) is 3. The van der Waals surface area contributed by atoms with Crippen LogP contribution in [0.1, 0.15) is 5.56 Å². The molecular formula is C20H23FN2O2Si. The monoisotopic (exact) mass is 370 g/mol. The summed E-state index contributed by atoms with van der Waals surface area (Å²) in [5.41, 5.74) is 3.63. The lowest BCUT2D eigenvalue weighted by atomic mass is 10.0. The Morgan fingerprint density at radius 2 is 2.08 bits per heavy atom. The second kappa shape index (κ2) is 6.52. The van der Waals surface area contributed by atoms with E-state index in [4.69, 9.17) is 9.47 Å². The van der Waals surface area contributed by atoms with Crippen molar-refractivity contribution in [3.05, 3.63) is 48.0 Å². The average molecular weight is 371 g/mol. The molecule has 0 radical (unpaired) electrons. The van der Waals surface area contributed by atoms with Crippen molar-refractivity contribution >= 4 is 19.1 Å². The lowest BCUT2D eigenvalue weighted by molar-refractivity contribution is 0.0897. The third kappa shape index (κ3) is 3.26. The third-order valence-electron chi connectivity index (χ3n) is 4.68. The first kappa shape index (κ1) is 17.2. The quantitative estimate of drug-likeness (QED) is 0.466. The summed E-state index contributed by atoms with van der Waals surface area (Å²) >= 11 is 0. The number of hydrogen-bond donors (Lipinski definition) is 0. The number of nitrogens with zero attached hydrogens (tertiary/aromatic N) is 2. The maximum absolute atomic E-state index is 13.8. The highest BCUT2D eigenvalue weighted by atomic mass is 28.3. The summed E-state index contributed by atoms with van der Waals surface area (Å²) in [6.45, 7) is 8.69. The maximum Gasteiger partial charge on any atom is 0.142 e. The maximum atomic E-state index is 13.8. The van der Waals surface area contributed by atoms with Crippen molar-refractivity contribution in [1.82, 2.24) is 9.55 Å².